The number of ether oxygens (including phenoxy) is 1. The van der Waals surface area contributed by atoms with Gasteiger partial charge in [-0.2, -0.15) is 0 Å². The molecule has 0 unspecified atom stereocenters. The lowest BCUT2D eigenvalue weighted by Gasteiger charge is -2.13. The summed E-state index contributed by atoms with van der Waals surface area (Å²) in [6.45, 7) is 3.92. The number of fused-ring (bicyclic) bond motifs is 1. The molecule has 2 N–H and O–H groups in total. The van der Waals surface area contributed by atoms with Crippen LogP contribution in [0.2, 0.25) is 5.02 Å². The van der Waals surface area contributed by atoms with Gasteiger partial charge in [-0.1, -0.05) is 29.8 Å². The number of hydrogen-bond donors (Lipinski definition) is 2. The molecular formula is C24H21ClN4O3. The molecule has 7 nitrogen and oxygen atoms in total. The third-order valence-electron chi connectivity index (χ3n) is 4.88. The van der Waals surface area contributed by atoms with Gasteiger partial charge in [0.2, 0.25) is 0 Å². The van der Waals surface area contributed by atoms with E-state index in [1.54, 1.807) is 42.6 Å². The topological polar surface area (TPSA) is 84.7 Å². The first-order valence-corrected chi connectivity index (χ1v) is 10.3. The minimum Gasteiger partial charge on any atom is -0.487 e. The average molecular weight is 449 g/mol. The van der Waals surface area contributed by atoms with Gasteiger partial charge in [0.15, 0.2) is 0 Å². The van der Waals surface area contributed by atoms with Gasteiger partial charge < -0.3 is 15.4 Å². The van der Waals surface area contributed by atoms with Gasteiger partial charge in [0.1, 0.15) is 18.0 Å². The molecule has 0 radical (unpaired) electrons. The number of anilines is 2. The summed E-state index contributed by atoms with van der Waals surface area (Å²) in [6, 6.07) is 17.1. The van der Waals surface area contributed by atoms with Crippen LogP contribution >= 0.6 is 11.6 Å². The molecule has 0 spiro atoms. The van der Waals surface area contributed by atoms with Crippen molar-refractivity contribution in [2.24, 2.45) is 0 Å². The highest BCUT2D eigenvalue weighted by Crippen LogP contribution is 2.24. The number of aryl methyl sites for hydroxylation is 2. The minimum absolute atomic E-state index is 0.124. The van der Waals surface area contributed by atoms with Crippen LogP contribution in [-0.2, 0) is 6.61 Å². The lowest BCUT2D eigenvalue weighted by atomic mass is 10.2. The molecule has 0 bridgehead atoms. The summed E-state index contributed by atoms with van der Waals surface area (Å²) >= 11 is 6.11. The zero-order chi connectivity index (χ0) is 22.7. The number of aromatic nitrogens is 2. The highest BCUT2D eigenvalue weighted by atomic mass is 35.5. The fourth-order valence-corrected chi connectivity index (χ4v) is 3.31. The van der Waals surface area contributed by atoms with E-state index in [1.807, 2.05) is 32.0 Å². The van der Waals surface area contributed by atoms with Gasteiger partial charge in [0.25, 0.3) is 5.56 Å². The number of nitrogens with one attached hydrogen (secondary N) is 2. The molecule has 0 aliphatic carbocycles. The molecule has 8 heteroatoms. The summed E-state index contributed by atoms with van der Waals surface area (Å²) in [5, 5.41) is 6.11. The molecule has 0 saturated carbocycles. The largest absolute Gasteiger partial charge is 0.487 e. The number of nitrogens with zero attached hydrogens (tertiary/aromatic N) is 2. The number of rotatable bonds is 5. The number of pyridine rings is 1. The van der Waals surface area contributed by atoms with Crippen LogP contribution in [-0.4, -0.2) is 15.4 Å². The monoisotopic (exact) mass is 448 g/mol. The summed E-state index contributed by atoms with van der Waals surface area (Å²) < 4.78 is 7.37. The van der Waals surface area contributed by atoms with Gasteiger partial charge in [0, 0.05) is 34.7 Å². The Balaban J connectivity index is 1.45. The lowest BCUT2D eigenvalue weighted by Crippen LogP contribution is -2.19. The standard InChI is InChI=1S/C24H21ClN4O3/c1-15-6-8-17(11-20(15)25)27-24(31)28-18-9-7-16(2)21(12-18)32-14-19-13-23(30)29-10-4-3-5-22(29)26-19/h3-13H,14H2,1-2H3,(H2,27,28,31). The second-order valence-electron chi connectivity index (χ2n) is 7.33. The van der Waals surface area contributed by atoms with E-state index in [0.717, 1.165) is 11.1 Å². The fraction of sp³-hybridized carbons (Fsp3) is 0.125. The summed E-state index contributed by atoms with van der Waals surface area (Å²) in [6.07, 6.45) is 1.67. The van der Waals surface area contributed by atoms with Gasteiger partial charge in [-0.15, -0.1) is 0 Å². The van der Waals surface area contributed by atoms with Crippen molar-refractivity contribution in [3.8, 4) is 5.75 Å². The van der Waals surface area contributed by atoms with Crippen molar-refractivity contribution in [1.29, 1.82) is 0 Å². The number of benzene rings is 2. The normalized spacial score (nSPS) is 10.7. The second-order valence-corrected chi connectivity index (χ2v) is 7.73. The van der Waals surface area contributed by atoms with Gasteiger partial charge in [-0.25, -0.2) is 9.78 Å². The summed E-state index contributed by atoms with van der Waals surface area (Å²) in [5.74, 6) is 0.580. The molecule has 2 aromatic heterocycles. The van der Waals surface area contributed by atoms with Crippen molar-refractivity contribution >= 4 is 34.7 Å². The molecule has 2 amide bonds. The predicted octanol–water partition coefficient (Wildman–Crippen LogP) is 5.19. The molecule has 0 fully saturated rings. The summed E-state index contributed by atoms with van der Waals surface area (Å²) in [5.41, 5.74) is 3.88. The zero-order valence-corrected chi connectivity index (χ0v) is 18.3. The fourth-order valence-electron chi connectivity index (χ4n) is 3.13. The Hall–Kier alpha value is -3.84. The number of hydrogen-bond acceptors (Lipinski definition) is 4. The highest BCUT2D eigenvalue weighted by molar-refractivity contribution is 6.31. The first-order chi connectivity index (χ1) is 15.4. The van der Waals surface area contributed by atoms with Gasteiger partial charge in [0.05, 0.1) is 5.69 Å². The number of urea groups is 1. The molecule has 2 heterocycles. The molecule has 0 aliphatic heterocycles. The smallest absolute Gasteiger partial charge is 0.323 e. The van der Waals surface area contributed by atoms with Gasteiger partial charge in [-0.3, -0.25) is 9.20 Å². The molecule has 4 rings (SSSR count). The second kappa shape index (κ2) is 9.11. The molecule has 162 valence electrons. The van der Waals surface area contributed by atoms with Crippen LogP contribution in [0.4, 0.5) is 16.2 Å². The molecule has 4 aromatic rings. The van der Waals surface area contributed by atoms with Crippen molar-refractivity contribution in [2.75, 3.05) is 10.6 Å². The van der Waals surface area contributed by atoms with E-state index in [2.05, 4.69) is 15.6 Å². The van der Waals surface area contributed by atoms with E-state index in [1.165, 1.54) is 10.5 Å². The predicted molar refractivity (Wildman–Crippen MR) is 126 cm³/mol. The van der Waals surface area contributed by atoms with E-state index in [0.29, 0.717) is 33.5 Å². The molecular weight excluding hydrogens is 428 g/mol. The Bertz CT molecular complexity index is 1370. The maximum Gasteiger partial charge on any atom is 0.323 e. The van der Waals surface area contributed by atoms with Gasteiger partial charge >= 0.3 is 6.03 Å². The number of amides is 2. The van der Waals surface area contributed by atoms with Crippen LogP contribution in [0.15, 0.2) is 71.7 Å². The Morgan fingerprint density at radius 1 is 1.00 bits per heavy atom. The van der Waals surface area contributed by atoms with Crippen LogP contribution in [0, 0.1) is 13.8 Å². The molecule has 2 aromatic carbocycles. The third kappa shape index (κ3) is 4.90. The molecule has 0 aliphatic rings. The SMILES string of the molecule is Cc1ccc(NC(=O)Nc2ccc(C)c(OCc3cc(=O)n4ccccc4n3)c2)cc1Cl. The summed E-state index contributed by atoms with van der Waals surface area (Å²) in [7, 11) is 0. The Labute approximate surface area is 189 Å². The first-order valence-electron chi connectivity index (χ1n) is 9.94. The van der Waals surface area contributed by atoms with E-state index in [9.17, 15) is 9.59 Å². The minimum atomic E-state index is -0.399. The summed E-state index contributed by atoms with van der Waals surface area (Å²) in [4.78, 5) is 29.1. The Kier molecular flexibility index (Phi) is 6.09. The van der Waals surface area contributed by atoms with Crippen molar-refractivity contribution in [3.63, 3.8) is 0 Å². The lowest BCUT2D eigenvalue weighted by molar-refractivity contribution is 0.262. The molecule has 0 saturated heterocycles. The highest BCUT2D eigenvalue weighted by Gasteiger charge is 2.09. The van der Waals surface area contributed by atoms with Gasteiger partial charge in [-0.05, 0) is 55.3 Å². The van der Waals surface area contributed by atoms with Crippen molar-refractivity contribution in [2.45, 2.75) is 20.5 Å². The number of carbonyl (C=O) groups excluding carboxylic acids is 1. The molecule has 32 heavy (non-hydrogen) atoms. The Morgan fingerprint density at radius 3 is 2.47 bits per heavy atom. The van der Waals surface area contributed by atoms with E-state index in [4.69, 9.17) is 16.3 Å². The van der Waals surface area contributed by atoms with Crippen LogP contribution in [0.3, 0.4) is 0 Å². The van der Waals surface area contributed by atoms with Crippen molar-refractivity contribution in [3.05, 3.63) is 99.1 Å². The van der Waals surface area contributed by atoms with Crippen LogP contribution in [0.25, 0.3) is 5.65 Å². The number of halogens is 1. The van der Waals surface area contributed by atoms with Crippen molar-refractivity contribution in [1.82, 2.24) is 9.38 Å². The van der Waals surface area contributed by atoms with Crippen LogP contribution < -0.4 is 20.9 Å². The average Bonchev–Trinajstić information content (AvgIpc) is 2.77. The molecule has 0 atom stereocenters. The quantitative estimate of drug-likeness (QED) is 0.440. The van der Waals surface area contributed by atoms with E-state index < -0.39 is 6.03 Å². The van der Waals surface area contributed by atoms with E-state index in [-0.39, 0.29) is 12.2 Å². The first kappa shape index (κ1) is 21.4. The third-order valence-corrected chi connectivity index (χ3v) is 5.28. The van der Waals surface area contributed by atoms with Crippen LogP contribution in [0.1, 0.15) is 16.8 Å². The van der Waals surface area contributed by atoms with E-state index >= 15 is 0 Å². The van der Waals surface area contributed by atoms with Crippen molar-refractivity contribution < 1.29 is 9.53 Å². The zero-order valence-electron chi connectivity index (χ0n) is 17.6. The van der Waals surface area contributed by atoms with Crippen LogP contribution in [0.5, 0.6) is 5.75 Å². The number of carbonyl (C=O) groups is 1. The maximum absolute atomic E-state index is 12.4. The maximum atomic E-state index is 12.4. The Morgan fingerprint density at radius 2 is 1.72 bits per heavy atom.